The van der Waals surface area contributed by atoms with Crippen molar-refractivity contribution in [3.05, 3.63) is 29.8 Å². The van der Waals surface area contributed by atoms with Crippen molar-refractivity contribution in [3.8, 4) is 5.75 Å². The summed E-state index contributed by atoms with van der Waals surface area (Å²) in [5, 5.41) is 12.6. The molecule has 1 saturated heterocycles. The molecule has 5 nitrogen and oxygen atoms in total. The Morgan fingerprint density at radius 2 is 2.24 bits per heavy atom. The van der Waals surface area contributed by atoms with Crippen molar-refractivity contribution < 1.29 is 14.6 Å². The van der Waals surface area contributed by atoms with E-state index in [0.29, 0.717) is 13.1 Å². The molecular formula is C16H24N2O3. The molecule has 0 saturated carbocycles. The number of para-hydroxylation sites is 1. The van der Waals surface area contributed by atoms with E-state index in [-0.39, 0.29) is 12.5 Å². The SMILES string of the molecule is COc1ccccc1CN(CCO)C(=O)C1(C)CCCN1. The van der Waals surface area contributed by atoms with Gasteiger partial charge in [0.2, 0.25) is 5.91 Å². The van der Waals surface area contributed by atoms with Gasteiger partial charge < -0.3 is 20.1 Å². The Morgan fingerprint density at radius 3 is 2.86 bits per heavy atom. The van der Waals surface area contributed by atoms with Gasteiger partial charge in [-0.25, -0.2) is 0 Å². The minimum Gasteiger partial charge on any atom is -0.496 e. The summed E-state index contributed by atoms with van der Waals surface area (Å²) < 4.78 is 5.34. The van der Waals surface area contributed by atoms with Gasteiger partial charge in [-0.2, -0.15) is 0 Å². The molecule has 1 amide bonds. The van der Waals surface area contributed by atoms with Crippen molar-refractivity contribution >= 4 is 5.91 Å². The highest BCUT2D eigenvalue weighted by Crippen LogP contribution is 2.24. The first kappa shape index (κ1) is 15.8. The number of ether oxygens (including phenoxy) is 1. The molecule has 1 aromatic carbocycles. The van der Waals surface area contributed by atoms with Gasteiger partial charge in [-0.05, 0) is 32.4 Å². The van der Waals surface area contributed by atoms with Gasteiger partial charge in [0.05, 0.1) is 19.3 Å². The van der Waals surface area contributed by atoms with Gasteiger partial charge in [-0.3, -0.25) is 4.79 Å². The van der Waals surface area contributed by atoms with Gasteiger partial charge in [0.15, 0.2) is 0 Å². The standard InChI is InChI=1S/C16H24N2O3/c1-16(8-5-9-17-16)15(20)18(10-11-19)12-13-6-3-4-7-14(13)21-2/h3-4,6-7,17,19H,5,8-12H2,1-2H3. The molecule has 2 N–H and O–H groups in total. The molecule has 0 radical (unpaired) electrons. The number of hydrogen-bond acceptors (Lipinski definition) is 4. The fourth-order valence-electron chi connectivity index (χ4n) is 2.84. The monoisotopic (exact) mass is 292 g/mol. The van der Waals surface area contributed by atoms with Crippen molar-refractivity contribution in [1.82, 2.24) is 10.2 Å². The van der Waals surface area contributed by atoms with E-state index in [9.17, 15) is 9.90 Å². The summed E-state index contributed by atoms with van der Waals surface area (Å²) in [6, 6.07) is 7.66. The van der Waals surface area contributed by atoms with Crippen molar-refractivity contribution in [2.75, 3.05) is 26.8 Å². The van der Waals surface area contributed by atoms with Crippen LogP contribution in [0.15, 0.2) is 24.3 Å². The summed E-state index contributed by atoms with van der Waals surface area (Å²) >= 11 is 0. The lowest BCUT2D eigenvalue weighted by molar-refractivity contribution is -0.138. The zero-order chi connectivity index (χ0) is 15.3. The fourth-order valence-corrected chi connectivity index (χ4v) is 2.84. The highest BCUT2D eigenvalue weighted by atomic mass is 16.5. The average molecular weight is 292 g/mol. The number of benzene rings is 1. The molecule has 1 fully saturated rings. The third-order valence-electron chi connectivity index (χ3n) is 4.05. The molecule has 0 bridgehead atoms. The van der Waals surface area contributed by atoms with Crippen LogP contribution in [0.5, 0.6) is 5.75 Å². The summed E-state index contributed by atoms with van der Waals surface area (Å²) in [5.41, 5.74) is 0.431. The van der Waals surface area contributed by atoms with Crippen LogP contribution >= 0.6 is 0 Å². The zero-order valence-electron chi connectivity index (χ0n) is 12.8. The number of nitrogens with zero attached hydrogens (tertiary/aromatic N) is 1. The largest absolute Gasteiger partial charge is 0.496 e. The predicted octanol–water partition coefficient (Wildman–Crippen LogP) is 1.16. The Kier molecular flexibility index (Phi) is 5.20. The molecule has 1 aliphatic rings. The molecule has 1 heterocycles. The van der Waals surface area contributed by atoms with Crippen molar-refractivity contribution in [1.29, 1.82) is 0 Å². The summed E-state index contributed by atoms with van der Waals surface area (Å²) in [5.74, 6) is 0.803. The van der Waals surface area contributed by atoms with Gasteiger partial charge in [-0.15, -0.1) is 0 Å². The summed E-state index contributed by atoms with van der Waals surface area (Å²) in [7, 11) is 1.62. The third-order valence-corrected chi connectivity index (χ3v) is 4.05. The van der Waals surface area contributed by atoms with Gasteiger partial charge >= 0.3 is 0 Å². The van der Waals surface area contributed by atoms with Crippen LogP contribution in [0.4, 0.5) is 0 Å². The second-order valence-corrected chi connectivity index (χ2v) is 5.62. The van der Waals surface area contributed by atoms with Gasteiger partial charge in [-0.1, -0.05) is 18.2 Å². The molecule has 1 aromatic rings. The molecule has 0 spiro atoms. The first-order valence-corrected chi connectivity index (χ1v) is 7.38. The highest BCUT2D eigenvalue weighted by Gasteiger charge is 2.38. The van der Waals surface area contributed by atoms with Crippen LogP contribution in [0.2, 0.25) is 0 Å². The van der Waals surface area contributed by atoms with E-state index in [0.717, 1.165) is 30.7 Å². The number of carbonyl (C=O) groups is 1. The Balaban J connectivity index is 2.17. The normalized spacial score (nSPS) is 21.3. The van der Waals surface area contributed by atoms with Gasteiger partial charge in [0, 0.05) is 18.7 Å². The van der Waals surface area contributed by atoms with Crippen LogP contribution in [0.3, 0.4) is 0 Å². The molecule has 0 aliphatic carbocycles. The first-order chi connectivity index (χ1) is 10.1. The van der Waals surface area contributed by atoms with E-state index in [1.54, 1.807) is 12.0 Å². The van der Waals surface area contributed by atoms with Crippen molar-refractivity contribution in [2.24, 2.45) is 0 Å². The first-order valence-electron chi connectivity index (χ1n) is 7.38. The van der Waals surface area contributed by atoms with Crippen LogP contribution < -0.4 is 10.1 Å². The maximum absolute atomic E-state index is 12.8. The lowest BCUT2D eigenvalue weighted by atomic mass is 9.98. The quantitative estimate of drug-likeness (QED) is 0.826. The number of rotatable bonds is 6. The Hall–Kier alpha value is -1.59. The smallest absolute Gasteiger partial charge is 0.242 e. The van der Waals surface area contributed by atoms with Crippen LogP contribution in [-0.4, -0.2) is 48.3 Å². The molecule has 0 aromatic heterocycles. The van der Waals surface area contributed by atoms with E-state index in [4.69, 9.17) is 4.74 Å². The number of nitrogens with one attached hydrogen (secondary N) is 1. The molecule has 21 heavy (non-hydrogen) atoms. The van der Waals surface area contributed by atoms with E-state index in [1.807, 2.05) is 31.2 Å². The topological polar surface area (TPSA) is 61.8 Å². The number of amides is 1. The Labute approximate surface area is 125 Å². The summed E-state index contributed by atoms with van der Waals surface area (Å²) in [4.78, 5) is 14.5. The Morgan fingerprint density at radius 1 is 1.48 bits per heavy atom. The predicted molar refractivity (Wildman–Crippen MR) is 81.1 cm³/mol. The number of aliphatic hydroxyl groups excluding tert-OH is 1. The van der Waals surface area contributed by atoms with Gasteiger partial charge in [0.25, 0.3) is 0 Å². The van der Waals surface area contributed by atoms with E-state index in [1.165, 1.54) is 0 Å². The van der Waals surface area contributed by atoms with E-state index >= 15 is 0 Å². The fraction of sp³-hybridized carbons (Fsp3) is 0.562. The molecule has 5 heteroatoms. The average Bonchev–Trinajstić information content (AvgIpc) is 2.94. The second-order valence-electron chi connectivity index (χ2n) is 5.62. The number of hydrogen-bond donors (Lipinski definition) is 2. The highest BCUT2D eigenvalue weighted by molar-refractivity contribution is 5.86. The third kappa shape index (κ3) is 3.54. The number of methoxy groups -OCH3 is 1. The van der Waals surface area contributed by atoms with Crippen molar-refractivity contribution in [3.63, 3.8) is 0 Å². The maximum atomic E-state index is 12.8. The minimum atomic E-state index is -0.517. The van der Waals surface area contributed by atoms with Gasteiger partial charge in [0.1, 0.15) is 5.75 Å². The summed E-state index contributed by atoms with van der Waals surface area (Å²) in [6.07, 6.45) is 1.84. The van der Waals surface area contributed by atoms with Crippen LogP contribution in [0.1, 0.15) is 25.3 Å². The molecular weight excluding hydrogens is 268 g/mol. The number of aliphatic hydroxyl groups is 1. The molecule has 2 rings (SSSR count). The maximum Gasteiger partial charge on any atom is 0.242 e. The lowest BCUT2D eigenvalue weighted by Gasteiger charge is -2.32. The lowest BCUT2D eigenvalue weighted by Crippen LogP contribution is -2.53. The molecule has 1 unspecified atom stereocenters. The zero-order valence-corrected chi connectivity index (χ0v) is 12.8. The van der Waals surface area contributed by atoms with Crippen LogP contribution in [-0.2, 0) is 11.3 Å². The van der Waals surface area contributed by atoms with Crippen LogP contribution in [0.25, 0.3) is 0 Å². The molecule has 1 atom stereocenters. The van der Waals surface area contributed by atoms with Crippen molar-refractivity contribution in [2.45, 2.75) is 31.8 Å². The minimum absolute atomic E-state index is 0.0416. The van der Waals surface area contributed by atoms with E-state index < -0.39 is 5.54 Å². The molecule has 116 valence electrons. The summed E-state index contributed by atoms with van der Waals surface area (Å²) in [6.45, 7) is 3.53. The molecule has 1 aliphatic heterocycles. The number of carbonyl (C=O) groups excluding carboxylic acids is 1. The van der Waals surface area contributed by atoms with E-state index in [2.05, 4.69) is 5.32 Å². The second kappa shape index (κ2) is 6.91. The van der Waals surface area contributed by atoms with Crippen LogP contribution in [0, 0.1) is 0 Å². The Bertz CT molecular complexity index is 484.